The van der Waals surface area contributed by atoms with Gasteiger partial charge in [-0.25, -0.2) is 9.97 Å². The number of nitrogens with zero attached hydrogens (tertiary/aromatic N) is 3. The van der Waals surface area contributed by atoms with Crippen molar-refractivity contribution in [3.8, 4) is 5.69 Å². The average Bonchev–Trinajstić information content (AvgIpc) is 3.29. The molecule has 0 saturated heterocycles. The predicted molar refractivity (Wildman–Crippen MR) is 95.6 cm³/mol. The van der Waals surface area contributed by atoms with Crippen molar-refractivity contribution in [2.45, 2.75) is 13.5 Å². The Morgan fingerprint density at radius 1 is 1.20 bits per heavy atom. The number of carbonyl (C=O) groups excluding carboxylic acids is 1. The van der Waals surface area contributed by atoms with Gasteiger partial charge in [0.05, 0.1) is 23.9 Å². The molecule has 0 radical (unpaired) electrons. The molecule has 6 nitrogen and oxygen atoms in total. The SMILES string of the molecule is Cc1ccc2nc(CNC(=O)c3ccc(-n4ccnc4)cc3)[nH]c2c1. The van der Waals surface area contributed by atoms with Crippen LogP contribution in [-0.4, -0.2) is 25.4 Å². The lowest BCUT2D eigenvalue weighted by atomic mass is 10.2. The van der Waals surface area contributed by atoms with Gasteiger partial charge in [0, 0.05) is 23.6 Å². The van der Waals surface area contributed by atoms with Crippen molar-refractivity contribution in [1.82, 2.24) is 24.8 Å². The second kappa shape index (κ2) is 6.24. The van der Waals surface area contributed by atoms with Crippen LogP contribution in [0.1, 0.15) is 21.7 Å². The van der Waals surface area contributed by atoms with Crippen molar-refractivity contribution in [1.29, 1.82) is 0 Å². The lowest BCUT2D eigenvalue weighted by Gasteiger charge is -2.05. The van der Waals surface area contributed by atoms with E-state index in [9.17, 15) is 4.79 Å². The van der Waals surface area contributed by atoms with Crippen LogP contribution in [-0.2, 0) is 6.54 Å². The first-order valence-corrected chi connectivity index (χ1v) is 8.01. The first kappa shape index (κ1) is 15.1. The van der Waals surface area contributed by atoms with Gasteiger partial charge < -0.3 is 14.9 Å². The maximum Gasteiger partial charge on any atom is 0.251 e. The molecular weight excluding hydrogens is 314 g/mol. The topological polar surface area (TPSA) is 75.6 Å². The number of hydrogen-bond acceptors (Lipinski definition) is 3. The van der Waals surface area contributed by atoms with E-state index >= 15 is 0 Å². The van der Waals surface area contributed by atoms with Gasteiger partial charge in [-0.2, -0.15) is 0 Å². The molecule has 0 bridgehead atoms. The van der Waals surface area contributed by atoms with Gasteiger partial charge >= 0.3 is 0 Å². The van der Waals surface area contributed by atoms with E-state index in [0.717, 1.165) is 22.5 Å². The summed E-state index contributed by atoms with van der Waals surface area (Å²) in [5.74, 6) is 0.609. The fourth-order valence-corrected chi connectivity index (χ4v) is 2.72. The van der Waals surface area contributed by atoms with Crippen molar-refractivity contribution in [3.63, 3.8) is 0 Å². The van der Waals surface area contributed by atoms with Crippen molar-refractivity contribution in [3.05, 3.63) is 78.1 Å². The minimum Gasteiger partial charge on any atom is -0.345 e. The number of imidazole rings is 2. The summed E-state index contributed by atoms with van der Waals surface area (Å²) in [6.45, 7) is 2.39. The number of H-pyrrole nitrogens is 1. The quantitative estimate of drug-likeness (QED) is 0.603. The highest BCUT2D eigenvalue weighted by Crippen LogP contribution is 2.13. The molecule has 124 valence electrons. The highest BCUT2D eigenvalue weighted by atomic mass is 16.1. The molecule has 6 heteroatoms. The van der Waals surface area contributed by atoms with Crippen molar-refractivity contribution in [2.24, 2.45) is 0 Å². The summed E-state index contributed by atoms with van der Waals surface area (Å²) in [4.78, 5) is 24.1. The number of fused-ring (bicyclic) bond motifs is 1. The number of carbonyl (C=O) groups is 1. The van der Waals surface area contributed by atoms with Gasteiger partial charge in [-0.1, -0.05) is 6.07 Å². The number of amides is 1. The summed E-state index contributed by atoms with van der Waals surface area (Å²) in [5.41, 5.74) is 4.62. The van der Waals surface area contributed by atoms with E-state index in [1.807, 2.05) is 48.0 Å². The van der Waals surface area contributed by atoms with E-state index in [0.29, 0.717) is 12.1 Å². The molecule has 0 spiro atoms. The fourth-order valence-electron chi connectivity index (χ4n) is 2.72. The molecule has 0 atom stereocenters. The number of aryl methyl sites for hydroxylation is 1. The molecule has 0 aliphatic rings. The second-order valence-electron chi connectivity index (χ2n) is 5.90. The van der Waals surface area contributed by atoms with Crippen LogP contribution in [0.4, 0.5) is 0 Å². The standard InChI is InChI=1S/C19H17N5O/c1-13-2-7-16-17(10-13)23-18(22-16)11-21-19(25)14-3-5-15(6-4-14)24-9-8-20-12-24/h2-10,12H,11H2,1H3,(H,21,25)(H,22,23). The Kier molecular flexibility index (Phi) is 3.78. The van der Waals surface area contributed by atoms with Crippen molar-refractivity contribution < 1.29 is 4.79 Å². The minimum absolute atomic E-state index is 0.131. The summed E-state index contributed by atoms with van der Waals surface area (Å²) in [6.07, 6.45) is 5.30. The van der Waals surface area contributed by atoms with Crippen molar-refractivity contribution in [2.75, 3.05) is 0 Å². The monoisotopic (exact) mass is 331 g/mol. The maximum atomic E-state index is 12.3. The van der Waals surface area contributed by atoms with Crippen molar-refractivity contribution >= 4 is 16.9 Å². The summed E-state index contributed by atoms with van der Waals surface area (Å²) in [5, 5.41) is 2.89. The molecule has 25 heavy (non-hydrogen) atoms. The van der Waals surface area contributed by atoms with Crippen LogP contribution in [0.3, 0.4) is 0 Å². The zero-order valence-electron chi connectivity index (χ0n) is 13.7. The third kappa shape index (κ3) is 3.14. The smallest absolute Gasteiger partial charge is 0.251 e. The molecule has 2 aromatic heterocycles. The van der Waals surface area contributed by atoms with E-state index in [1.54, 1.807) is 24.7 Å². The third-order valence-electron chi connectivity index (χ3n) is 4.03. The Balaban J connectivity index is 1.44. The van der Waals surface area contributed by atoms with Crippen LogP contribution in [0.15, 0.2) is 61.2 Å². The Labute approximate surface area is 144 Å². The van der Waals surface area contributed by atoms with E-state index < -0.39 is 0 Å². The first-order chi connectivity index (χ1) is 12.2. The summed E-state index contributed by atoms with van der Waals surface area (Å²) in [7, 11) is 0. The van der Waals surface area contributed by atoms with Gasteiger partial charge in [0.15, 0.2) is 0 Å². The largest absolute Gasteiger partial charge is 0.345 e. The number of aromatic nitrogens is 4. The van der Waals surface area contributed by atoms with Gasteiger partial charge in [0.25, 0.3) is 5.91 Å². The van der Waals surface area contributed by atoms with Crippen LogP contribution >= 0.6 is 0 Å². The maximum absolute atomic E-state index is 12.3. The molecular formula is C19H17N5O. The first-order valence-electron chi connectivity index (χ1n) is 8.01. The molecule has 4 aromatic rings. The predicted octanol–water partition coefficient (Wildman–Crippen LogP) is 2.99. The minimum atomic E-state index is -0.131. The summed E-state index contributed by atoms with van der Waals surface area (Å²) in [6, 6.07) is 13.4. The highest BCUT2D eigenvalue weighted by Gasteiger charge is 2.08. The Morgan fingerprint density at radius 3 is 2.80 bits per heavy atom. The van der Waals surface area contributed by atoms with Gasteiger partial charge in [-0.3, -0.25) is 4.79 Å². The molecule has 2 aromatic carbocycles. The Bertz CT molecular complexity index is 1020. The number of aromatic amines is 1. The van der Waals surface area contributed by atoms with Gasteiger partial charge in [-0.15, -0.1) is 0 Å². The molecule has 2 N–H and O–H groups in total. The van der Waals surface area contributed by atoms with Gasteiger partial charge in [0.1, 0.15) is 5.82 Å². The lowest BCUT2D eigenvalue weighted by molar-refractivity contribution is 0.0950. The molecule has 0 aliphatic carbocycles. The molecule has 1 amide bonds. The zero-order valence-corrected chi connectivity index (χ0v) is 13.7. The lowest BCUT2D eigenvalue weighted by Crippen LogP contribution is -2.23. The zero-order chi connectivity index (χ0) is 17.2. The Morgan fingerprint density at radius 2 is 2.04 bits per heavy atom. The van der Waals surface area contributed by atoms with Crippen LogP contribution in [0.2, 0.25) is 0 Å². The number of hydrogen-bond donors (Lipinski definition) is 2. The number of nitrogens with one attached hydrogen (secondary N) is 2. The van der Waals surface area contributed by atoms with E-state index in [-0.39, 0.29) is 5.91 Å². The number of rotatable bonds is 4. The van der Waals surface area contributed by atoms with E-state index in [4.69, 9.17) is 0 Å². The summed E-state index contributed by atoms with van der Waals surface area (Å²) >= 11 is 0. The normalized spacial score (nSPS) is 10.9. The number of benzene rings is 2. The van der Waals surface area contributed by atoms with Crippen LogP contribution < -0.4 is 5.32 Å². The van der Waals surface area contributed by atoms with Gasteiger partial charge in [-0.05, 0) is 48.9 Å². The second-order valence-corrected chi connectivity index (χ2v) is 5.90. The van der Waals surface area contributed by atoms with Crippen LogP contribution in [0.5, 0.6) is 0 Å². The van der Waals surface area contributed by atoms with Gasteiger partial charge in [0.2, 0.25) is 0 Å². The highest BCUT2D eigenvalue weighted by molar-refractivity contribution is 5.94. The van der Waals surface area contributed by atoms with Crippen LogP contribution in [0, 0.1) is 6.92 Å². The third-order valence-corrected chi connectivity index (χ3v) is 4.03. The molecule has 0 unspecified atom stereocenters. The molecule has 0 aliphatic heterocycles. The van der Waals surface area contributed by atoms with Crippen LogP contribution in [0.25, 0.3) is 16.7 Å². The molecule has 0 fully saturated rings. The Hall–Kier alpha value is -3.41. The van der Waals surface area contributed by atoms with E-state index in [1.165, 1.54) is 5.56 Å². The van der Waals surface area contributed by atoms with E-state index in [2.05, 4.69) is 20.3 Å². The molecule has 4 rings (SSSR count). The molecule has 0 saturated carbocycles. The fraction of sp³-hybridized carbons (Fsp3) is 0.105. The summed E-state index contributed by atoms with van der Waals surface area (Å²) < 4.78 is 1.89. The molecule has 2 heterocycles. The average molecular weight is 331 g/mol.